The third-order valence-electron chi connectivity index (χ3n) is 2.24. The molecule has 0 atom stereocenters. The maximum atomic E-state index is 11.1. The van der Waals surface area contributed by atoms with Gasteiger partial charge < -0.3 is 10.1 Å². The maximum absolute atomic E-state index is 11.1. The average Bonchev–Trinajstić information content (AvgIpc) is 2.34. The zero-order valence-electron chi connectivity index (χ0n) is 9.81. The molecule has 0 radical (unpaired) electrons. The smallest absolute Gasteiger partial charge is 0.221 e. The Balaban J connectivity index is 2.34. The minimum absolute atomic E-state index is 0.171. The molecule has 1 N–H and O–H groups in total. The summed E-state index contributed by atoms with van der Waals surface area (Å²) < 4.78 is 5.69. The van der Waals surface area contributed by atoms with Gasteiger partial charge in [-0.15, -0.1) is 0 Å². The van der Waals surface area contributed by atoms with Crippen molar-refractivity contribution in [2.45, 2.75) is 6.92 Å². The Hall–Kier alpha value is -2.00. The first-order valence-corrected chi connectivity index (χ1v) is 5.83. The summed E-state index contributed by atoms with van der Waals surface area (Å²) in [5.74, 6) is 0.938. The maximum Gasteiger partial charge on any atom is 0.221 e. The molecule has 0 aliphatic heterocycles. The van der Waals surface area contributed by atoms with Crippen LogP contribution in [0.1, 0.15) is 6.92 Å². The van der Waals surface area contributed by atoms with E-state index in [0.29, 0.717) is 22.2 Å². The highest BCUT2D eigenvalue weighted by Gasteiger charge is 2.10. The monoisotopic (exact) mass is 261 g/mol. The van der Waals surface area contributed by atoms with Gasteiger partial charge in [0, 0.05) is 6.92 Å². The molecule has 0 heterocycles. The van der Waals surface area contributed by atoms with Crippen molar-refractivity contribution in [2.75, 3.05) is 5.32 Å². The zero-order chi connectivity index (χ0) is 13.0. The number of benzene rings is 2. The zero-order valence-corrected chi connectivity index (χ0v) is 10.6. The molecule has 2 aromatic rings. The van der Waals surface area contributed by atoms with Crippen molar-refractivity contribution in [1.82, 2.24) is 0 Å². The molecule has 0 bridgehead atoms. The van der Waals surface area contributed by atoms with E-state index in [1.165, 1.54) is 6.92 Å². The van der Waals surface area contributed by atoms with Crippen LogP contribution in [0.4, 0.5) is 5.69 Å². The van der Waals surface area contributed by atoms with Crippen molar-refractivity contribution in [3.63, 3.8) is 0 Å². The molecule has 2 aromatic carbocycles. The van der Waals surface area contributed by atoms with Gasteiger partial charge in [0.15, 0.2) is 5.75 Å². The van der Waals surface area contributed by atoms with Crippen molar-refractivity contribution in [3.05, 3.63) is 53.6 Å². The number of rotatable bonds is 3. The topological polar surface area (TPSA) is 38.3 Å². The summed E-state index contributed by atoms with van der Waals surface area (Å²) in [5, 5.41) is 3.14. The van der Waals surface area contributed by atoms with Gasteiger partial charge in [0.05, 0.1) is 10.7 Å². The van der Waals surface area contributed by atoms with Gasteiger partial charge in [-0.05, 0) is 24.3 Å². The minimum Gasteiger partial charge on any atom is -0.454 e. The molecule has 0 unspecified atom stereocenters. The van der Waals surface area contributed by atoms with Crippen molar-refractivity contribution in [3.8, 4) is 11.5 Å². The summed E-state index contributed by atoms with van der Waals surface area (Å²) in [6.07, 6.45) is 0. The highest BCUT2D eigenvalue weighted by molar-refractivity contribution is 6.32. The molecular weight excluding hydrogens is 250 g/mol. The normalized spacial score (nSPS) is 9.89. The number of para-hydroxylation sites is 2. The molecule has 0 fully saturated rings. The van der Waals surface area contributed by atoms with Gasteiger partial charge in [-0.3, -0.25) is 4.79 Å². The SMILES string of the molecule is CC(=O)Nc1cccc(Cl)c1Oc1ccccc1. The fraction of sp³-hybridized carbons (Fsp3) is 0.0714. The second-order valence-corrected chi connectivity index (χ2v) is 4.12. The largest absolute Gasteiger partial charge is 0.454 e. The molecule has 0 saturated carbocycles. The molecule has 0 aliphatic rings. The molecule has 3 nitrogen and oxygen atoms in total. The summed E-state index contributed by atoms with van der Waals surface area (Å²) in [7, 11) is 0. The van der Waals surface area contributed by atoms with Gasteiger partial charge in [-0.25, -0.2) is 0 Å². The Labute approximate surface area is 110 Å². The van der Waals surface area contributed by atoms with Crippen LogP contribution in [0.15, 0.2) is 48.5 Å². The summed E-state index contributed by atoms with van der Waals surface area (Å²) in [6, 6.07) is 14.5. The number of halogens is 1. The molecule has 92 valence electrons. The van der Waals surface area contributed by atoms with Crippen LogP contribution in [0.2, 0.25) is 5.02 Å². The van der Waals surface area contributed by atoms with E-state index in [9.17, 15) is 4.79 Å². The first-order valence-electron chi connectivity index (χ1n) is 5.46. The number of carbonyl (C=O) groups excluding carboxylic acids is 1. The number of anilines is 1. The second-order valence-electron chi connectivity index (χ2n) is 3.71. The molecule has 2 rings (SSSR count). The second kappa shape index (κ2) is 5.56. The van der Waals surface area contributed by atoms with Gasteiger partial charge >= 0.3 is 0 Å². The third kappa shape index (κ3) is 3.02. The van der Waals surface area contributed by atoms with E-state index < -0.39 is 0 Å². The number of ether oxygens (including phenoxy) is 1. The Morgan fingerprint density at radius 1 is 1.11 bits per heavy atom. The van der Waals surface area contributed by atoms with Crippen LogP contribution in [-0.2, 0) is 4.79 Å². The summed E-state index contributed by atoms with van der Waals surface area (Å²) >= 11 is 6.09. The fourth-order valence-corrected chi connectivity index (χ4v) is 1.72. The molecule has 0 aromatic heterocycles. The molecule has 18 heavy (non-hydrogen) atoms. The van der Waals surface area contributed by atoms with Crippen LogP contribution in [0.25, 0.3) is 0 Å². The minimum atomic E-state index is -0.171. The standard InChI is InChI=1S/C14H12ClNO2/c1-10(17)16-13-9-5-8-12(15)14(13)18-11-6-3-2-4-7-11/h2-9H,1H3,(H,16,17). The van der Waals surface area contributed by atoms with Gasteiger partial charge in [-0.2, -0.15) is 0 Å². The van der Waals surface area contributed by atoms with Crippen molar-refractivity contribution >= 4 is 23.2 Å². The summed E-state index contributed by atoms with van der Waals surface area (Å²) in [6.45, 7) is 1.44. The predicted molar refractivity (Wildman–Crippen MR) is 72.3 cm³/mol. The lowest BCUT2D eigenvalue weighted by Gasteiger charge is -2.12. The van der Waals surface area contributed by atoms with E-state index in [-0.39, 0.29) is 5.91 Å². The molecule has 0 aliphatic carbocycles. The number of amides is 1. The first-order chi connectivity index (χ1) is 8.66. The van der Waals surface area contributed by atoms with Crippen LogP contribution in [0.5, 0.6) is 11.5 Å². The van der Waals surface area contributed by atoms with Crippen LogP contribution in [-0.4, -0.2) is 5.91 Å². The van der Waals surface area contributed by atoms with Crippen molar-refractivity contribution < 1.29 is 9.53 Å². The third-order valence-corrected chi connectivity index (χ3v) is 2.54. The van der Waals surface area contributed by atoms with Crippen LogP contribution < -0.4 is 10.1 Å². The van der Waals surface area contributed by atoms with Gasteiger partial charge in [0.25, 0.3) is 0 Å². The lowest BCUT2D eigenvalue weighted by Crippen LogP contribution is -2.07. The van der Waals surface area contributed by atoms with Crippen LogP contribution in [0.3, 0.4) is 0 Å². The van der Waals surface area contributed by atoms with Gasteiger partial charge in [0.2, 0.25) is 5.91 Å². The Morgan fingerprint density at radius 2 is 1.83 bits per heavy atom. The van der Waals surface area contributed by atoms with E-state index in [1.807, 2.05) is 30.3 Å². The van der Waals surface area contributed by atoms with Crippen LogP contribution in [0, 0.1) is 0 Å². The summed E-state index contributed by atoms with van der Waals surface area (Å²) in [5.41, 5.74) is 0.554. The lowest BCUT2D eigenvalue weighted by atomic mass is 10.2. The van der Waals surface area contributed by atoms with Crippen molar-refractivity contribution in [1.29, 1.82) is 0 Å². The Morgan fingerprint density at radius 3 is 2.50 bits per heavy atom. The number of nitrogens with one attached hydrogen (secondary N) is 1. The summed E-state index contributed by atoms with van der Waals surface area (Å²) in [4.78, 5) is 11.1. The van der Waals surface area contributed by atoms with E-state index in [1.54, 1.807) is 18.2 Å². The molecular formula is C14H12ClNO2. The van der Waals surface area contributed by atoms with E-state index in [4.69, 9.17) is 16.3 Å². The van der Waals surface area contributed by atoms with E-state index in [0.717, 1.165) is 0 Å². The quantitative estimate of drug-likeness (QED) is 0.904. The van der Waals surface area contributed by atoms with Crippen molar-refractivity contribution in [2.24, 2.45) is 0 Å². The van der Waals surface area contributed by atoms with Gasteiger partial charge in [-0.1, -0.05) is 35.9 Å². The Bertz CT molecular complexity index is 555. The molecule has 4 heteroatoms. The number of hydrogen-bond acceptors (Lipinski definition) is 2. The van der Waals surface area contributed by atoms with E-state index in [2.05, 4.69) is 5.32 Å². The highest BCUT2D eigenvalue weighted by atomic mass is 35.5. The van der Waals surface area contributed by atoms with Gasteiger partial charge in [0.1, 0.15) is 5.75 Å². The molecule has 0 saturated heterocycles. The van der Waals surface area contributed by atoms with E-state index >= 15 is 0 Å². The number of hydrogen-bond donors (Lipinski definition) is 1. The highest BCUT2D eigenvalue weighted by Crippen LogP contribution is 2.36. The fourth-order valence-electron chi connectivity index (χ4n) is 1.51. The lowest BCUT2D eigenvalue weighted by molar-refractivity contribution is -0.114. The average molecular weight is 262 g/mol. The predicted octanol–water partition coefficient (Wildman–Crippen LogP) is 4.09. The number of carbonyl (C=O) groups is 1. The molecule has 0 spiro atoms. The first kappa shape index (κ1) is 12.5. The molecule has 1 amide bonds. The Kier molecular flexibility index (Phi) is 3.85. The van der Waals surface area contributed by atoms with Crippen LogP contribution >= 0.6 is 11.6 Å².